The zero-order valence-corrected chi connectivity index (χ0v) is 13.7. The molecule has 0 bridgehead atoms. The van der Waals surface area contributed by atoms with Crippen molar-refractivity contribution in [3.05, 3.63) is 64.4 Å². The molecule has 1 aliphatic rings. The van der Waals surface area contributed by atoms with Gasteiger partial charge in [-0.3, -0.25) is 9.69 Å². The molecule has 1 saturated heterocycles. The molecule has 24 heavy (non-hydrogen) atoms. The first-order valence-electron chi connectivity index (χ1n) is 7.69. The van der Waals surface area contributed by atoms with Gasteiger partial charge in [0.15, 0.2) is 0 Å². The predicted octanol–water partition coefficient (Wildman–Crippen LogP) is 3.36. The van der Waals surface area contributed by atoms with Gasteiger partial charge >= 0.3 is 5.97 Å². The van der Waals surface area contributed by atoms with Crippen LogP contribution in [0.4, 0.5) is 10.1 Å². The summed E-state index contributed by atoms with van der Waals surface area (Å²) in [5.74, 6) is -1.92. The molecule has 1 heterocycles. The quantitative estimate of drug-likeness (QED) is 0.831. The first kappa shape index (κ1) is 16.7. The van der Waals surface area contributed by atoms with E-state index in [9.17, 15) is 14.3 Å². The molecule has 1 aliphatic heterocycles. The highest BCUT2D eigenvalue weighted by atomic mass is 35.5. The molecule has 3 N–H and O–H groups in total. The molecule has 0 spiro atoms. The van der Waals surface area contributed by atoms with Crippen molar-refractivity contribution in [2.75, 3.05) is 18.8 Å². The van der Waals surface area contributed by atoms with E-state index in [0.29, 0.717) is 30.2 Å². The highest BCUT2D eigenvalue weighted by Crippen LogP contribution is 2.34. The largest absolute Gasteiger partial charge is 0.481 e. The summed E-state index contributed by atoms with van der Waals surface area (Å²) < 4.78 is 13.6. The molecule has 0 amide bonds. The number of aliphatic carboxylic acids is 1. The monoisotopic (exact) mass is 348 g/mol. The van der Waals surface area contributed by atoms with E-state index in [0.717, 1.165) is 5.56 Å². The maximum Gasteiger partial charge on any atom is 0.308 e. The summed E-state index contributed by atoms with van der Waals surface area (Å²) in [7, 11) is 0. The molecule has 0 saturated carbocycles. The number of para-hydroxylation sites is 1. The standard InChI is InChI=1S/C18H18ClFN2O2/c19-13-6-4-11(5-7-13)14-9-22(10-15(14)18(23)24)8-12-2-1-3-16(20)17(12)21/h1-7,14-15H,8-10,21H2,(H,23,24)/t14-,15+/m1/s1. The zero-order chi connectivity index (χ0) is 17.3. The van der Waals surface area contributed by atoms with Crippen molar-refractivity contribution in [2.45, 2.75) is 12.5 Å². The minimum Gasteiger partial charge on any atom is -0.481 e. The molecule has 126 valence electrons. The predicted molar refractivity (Wildman–Crippen MR) is 91.4 cm³/mol. The van der Waals surface area contributed by atoms with E-state index in [2.05, 4.69) is 0 Å². The van der Waals surface area contributed by atoms with E-state index in [1.165, 1.54) is 6.07 Å². The number of likely N-dealkylation sites (tertiary alicyclic amines) is 1. The lowest BCUT2D eigenvalue weighted by Gasteiger charge is -2.17. The van der Waals surface area contributed by atoms with Crippen molar-refractivity contribution in [3.8, 4) is 0 Å². The van der Waals surface area contributed by atoms with Crippen molar-refractivity contribution in [3.63, 3.8) is 0 Å². The van der Waals surface area contributed by atoms with Crippen molar-refractivity contribution < 1.29 is 14.3 Å². The number of carboxylic acid groups (broad SMARTS) is 1. The van der Waals surface area contributed by atoms with Gasteiger partial charge < -0.3 is 10.8 Å². The molecule has 0 radical (unpaired) electrons. The molecule has 2 aromatic rings. The second-order valence-corrected chi connectivity index (χ2v) is 6.55. The van der Waals surface area contributed by atoms with Crippen LogP contribution < -0.4 is 5.73 Å². The molecule has 2 aromatic carbocycles. The summed E-state index contributed by atoms with van der Waals surface area (Å²) in [6.07, 6.45) is 0. The van der Waals surface area contributed by atoms with Crippen molar-refractivity contribution in [2.24, 2.45) is 5.92 Å². The van der Waals surface area contributed by atoms with Crippen LogP contribution in [-0.2, 0) is 11.3 Å². The average Bonchev–Trinajstić information content (AvgIpc) is 2.97. The number of hydrogen-bond acceptors (Lipinski definition) is 3. The Bertz CT molecular complexity index is 751. The molecule has 2 atom stereocenters. The number of nitrogens with two attached hydrogens (primary N) is 1. The van der Waals surface area contributed by atoms with Gasteiger partial charge in [0.25, 0.3) is 0 Å². The van der Waals surface area contributed by atoms with E-state index in [-0.39, 0.29) is 11.6 Å². The fraction of sp³-hybridized carbons (Fsp3) is 0.278. The SMILES string of the molecule is Nc1c(F)cccc1CN1C[C@H](C(=O)O)[C@@H](c2ccc(Cl)cc2)C1. The van der Waals surface area contributed by atoms with E-state index in [1.54, 1.807) is 24.3 Å². The molecule has 0 aliphatic carbocycles. The highest BCUT2D eigenvalue weighted by molar-refractivity contribution is 6.30. The first-order valence-corrected chi connectivity index (χ1v) is 8.07. The Hall–Kier alpha value is -2.11. The summed E-state index contributed by atoms with van der Waals surface area (Å²) in [6.45, 7) is 1.41. The third-order valence-electron chi connectivity index (χ3n) is 4.55. The minimum absolute atomic E-state index is 0.124. The van der Waals surface area contributed by atoms with Crippen LogP contribution in [0.2, 0.25) is 5.02 Å². The van der Waals surface area contributed by atoms with Crippen LogP contribution in [-0.4, -0.2) is 29.1 Å². The van der Waals surface area contributed by atoms with Crippen LogP contribution in [0.3, 0.4) is 0 Å². The van der Waals surface area contributed by atoms with Crippen molar-refractivity contribution >= 4 is 23.3 Å². The number of carbonyl (C=O) groups is 1. The second kappa shape index (κ2) is 6.79. The number of anilines is 1. The molecular weight excluding hydrogens is 331 g/mol. The van der Waals surface area contributed by atoms with Crippen molar-refractivity contribution in [1.29, 1.82) is 0 Å². The van der Waals surface area contributed by atoms with Gasteiger partial charge in [-0.15, -0.1) is 0 Å². The van der Waals surface area contributed by atoms with E-state index >= 15 is 0 Å². The third kappa shape index (κ3) is 3.37. The maximum atomic E-state index is 13.6. The van der Waals surface area contributed by atoms with Crippen LogP contribution >= 0.6 is 11.6 Å². The molecule has 0 aromatic heterocycles. The number of benzene rings is 2. The Morgan fingerprint density at radius 2 is 1.96 bits per heavy atom. The maximum absolute atomic E-state index is 13.6. The lowest BCUT2D eigenvalue weighted by atomic mass is 9.89. The topological polar surface area (TPSA) is 66.6 Å². The molecule has 1 fully saturated rings. The smallest absolute Gasteiger partial charge is 0.308 e. The van der Waals surface area contributed by atoms with Gasteiger partial charge in [0.05, 0.1) is 11.6 Å². The van der Waals surface area contributed by atoms with Gasteiger partial charge in [-0.2, -0.15) is 0 Å². The molecule has 0 unspecified atom stereocenters. The summed E-state index contributed by atoms with van der Waals surface area (Å²) in [4.78, 5) is 13.6. The summed E-state index contributed by atoms with van der Waals surface area (Å²) in [6, 6.07) is 12.0. The highest BCUT2D eigenvalue weighted by Gasteiger charge is 2.38. The number of rotatable bonds is 4. The number of carboxylic acids is 1. The fourth-order valence-electron chi connectivity index (χ4n) is 3.27. The van der Waals surface area contributed by atoms with E-state index in [4.69, 9.17) is 17.3 Å². The molecular formula is C18H18ClFN2O2. The van der Waals surface area contributed by atoms with Crippen LogP contribution in [0, 0.1) is 11.7 Å². The van der Waals surface area contributed by atoms with E-state index < -0.39 is 17.7 Å². The van der Waals surface area contributed by atoms with Gasteiger partial charge in [0.1, 0.15) is 5.82 Å². The molecule has 6 heteroatoms. The van der Waals surface area contributed by atoms with Crippen LogP contribution in [0.5, 0.6) is 0 Å². The number of halogens is 2. The number of hydrogen-bond donors (Lipinski definition) is 2. The van der Waals surface area contributed by atoms with Crippen LogP contribution in [0.1, 0.15) is 17.0 Å². The van der Waals surface area contributed by atoms with Gasteiger partial charge in [-0.25, -0.2) is 4.39 Å². The Labute approximate surface area is 144 Å². The van der Waals surface area contributed by atoms with Crippen LogP contribution in [0.25, 0.3) is 0 Å². The first-order chi connectivity index (χ1) is 11.5. The Morgan fingerprint density at radius 1 is 1.25 bits per heavy atom. The Kier molecular flexibility index (Phi) is 4.73. The molecule has 4 nitrogen and oxygen atoms in total. The number of nitrogen functional groups attached to an aromatic ring is 1. The summed E-state index contributed by atoms with van der Waals surface area (Å²) >= 11 is 5.91. The zero-order valence-electron chi connectivity index (χ0n) is 13.0. The normalized spacial score (nSPS) is 21.1. The van der Waals surface area contributed by atoms with Crippen molar-refractivity contribution in [1.82, 2.24) is 4.90 Å². The Balaban J connectivity index is 1.81. The fourth-order valence-corrected chi connectivity index (χ4v) is 3.40. The summed E-state index contributed by atoms with van der Waals surface area (Å²) in [5, 5.41) is 10.2. The van der Waals surface area contributed by atoms with Gasteiger partial charge in [0.2, 0.25) is 0 Å². The average molecular weight is 349 g/mol. The second-order valence-electron chi connectivity index (χ2n) is 6.11. The minimum atomic E-state index is -0.829. The van der Waals surface area contributed by atoms with Gasteiger partial charge in [-0.05, 0) is 29.3 Å². The summed E-state index contributed by atoms with van der Waals surface area (Å²) in [5.41, 5.74) is 7.53. The lowest BCUT2D eigenvalue weighted by Crippen LogP contribution is -2.23. The Morgan fingerprint density at radius 3 is 2.62 bits per heavy atom. The lowest BCUT2D eigenvalue weighted by molar-refractivity contribution is -0.141. The van der Waals surface area contributed by atoms with Gasteiger partial charge in [-0.1, -0.05) is 35.9 Å². The third-order valence-corrected chi connectivity index (χ3v) is 4.80. The molecule has 3 rings (SSSR count). The van der Waals surface area contributed by atoms with Crippen LogP contribution in [0.15, 0.2) is 42.5 Å². The number of nitrogens with zero attached hydrogens (tertiary/aromatic N) is 1. The van der Waals surface area contributed by atoms with Gasteiger partial charge in [0, 0.05) is 30.6 Å². The van der Waals surface area contributed by atoms with E-state index in [1.807, 2.05) is 17.0 Å².